The Bertz CT molecular complexity index is 1120. The van der Waals surface area contributed by atoms with E-state index in [1.54, 1.807) is 0 Å². The summed E-state index contributed by atoms with van der Waals surface area (Å²) in [5.41, 5.74) is 11.2. The zero-order chi connectivity index (χ0) is 29.9. The number of nitrogens with one attached hydrogen (secondary N) is 2. The Labute approximate surface area is 254 Å². The molecule has 0 amide bonds. The highest BCUT2D eigenvalue weighted by Crippen LogP contribution is 2.33. The van der Waals surface area contributed by atoms with Crippen LogP contribution < -0.4 is 16.4 Å². The summed E-state index contributed by atoms with van der Waals surface area (Å²) in [7, 11) is 3.96. The van der Waals surface area contributed by atoms with Crippen LogP contribution in [0.2, 0.25) is 5.02 Å². The van der Waals surface area contributed by atoms with Crippen LogP contribution >= 0.6 is 11.6 Å². The number of benzene rings is 3. The third kappa shape index (κ3) is 12.0. The van der Waals surface area contributed by atoms with Gasteiger partial charge in [-0.25, -0.2) is 0 Å². The van der Waals surface area contributed by atoms with Crippen LogP contribution in [0.5, 0.6) is 0 Å². The Morgan fingerprint density at radius 2 is 1.51 bits per heavy atom. The average molecular weight is 575 g/mol. The number of piperidine rings is 1. The van der Waals surface area contributed by atoms with Gasteiger partial charge in [0.2, 0.25) is 0 Å². The normalized spacial score (nSPS) is 14.0. The molecule has 1 atom stereocenters. The third-order valence-electron chi connectivity index (χ3n) is 7.57. The summed E-state index contributed by atoms with van der Waals surface area (Å²) in [6.07, 6.45) is 10.4. The molecule has 222 valence electrons. The van der Waals surface area contributed by atoms with Crippen LogP contribution in [-0.2, 0) is 0 Å². The van der Waals surface area contributed by atoms with Gasteiger partial charge in [-0.05, 0) is 117 Å². The SMILES string of the molecule is C=CCCC.C=CN.CNc1ccc(C(CCCN2CCC(c3cccc(NC)c3)CC2)c2ccc(Cl)cc2)cc1. The van der Waals surface area contributed by atoms with E-state index >= 15 is 0 Å². The first-order chi connectivity index (χ1) is 20.0. The molecule has 5 heteroatoms. The van der Waals surface area contributed by atoms with Crippen molar-refractivity contribution in [3.05, 3.63) is 120 Å². The maximum atomic E-state index is 6.16. The van der Waals surface area contributed by atoms with Gasteiger partial charge < -0.3 is 21.3 Å². The molecule has 3 aromatic rings. The summed E-state index contributed by atoms with van der Waals surface area (Å²) < 4.78 is 0. The van der Waals surface area contributed by atoms with Crippen LogP contribution in [0.1, 0.15) is 74.0 Å². The average Bonchev–Trinajstić information content (AvgIpc) is 3.01. The molecule has 4 nitrogen and oxygen atoms in total. The molecule has 4 rings (SSSR count). The number of hydrogen-bond donors (Lipinski definition) is 3. The molecule has 41 heavy (non-hydrogen) atoms. The van der Waals surface area contributed by atoms with Crippen molar-refractivity contribution in [1.29, 1.82) is 0 Å². The number of unbranched alkanes of at least 4 members (excludes halogenated alkanes) is 1. The number of anilines is 2. The Kier molecular flexibility index (Phi) is 16.4. The molecule has 0 spiro atoms. The van der Waals surface area contributed by atoms with Gasteiger partial charge in [0.1, 0.15) is 0 Å². The van der Waals surface area contributed by atoms with Gasteiger partial charge in [0, 0.05) is 36.4 Å². The minimum Gasteiger partial charge on any atom is -0.405 e. The van der Waals surface area contributed by atoms with Crippen LogP contribution in [0.4, 0.5) is 11.4 Å². The first kappa shape index (κ1) is 34.0. The minimum absolute atomic E-state index is 0.398. The lowest BCUT2D eigenvalue weighted by molar-refractivity contribution is 0.208. The van der Waals surface area contributed by atoms with Gasteiger partial charge in [-0.1, -0.05) is 74.0 Å². The van der Waals surface area contributed by atoms with E-state index in [1.165, 1.54) is 73.9 Å². The zero-order valence-corrected chi connectivity index (χ0v) is 26.2. The van der Waals surface area contributed by atoms with E-state index in [2.05, 4.69) is 102 Å². The maximum Gasteiger partial charge on any atom is 0.0406 e. The van der Waals surface area contributed by atoms with Crippen molar-refractivity contribution >= 4 is 23.0 Å². The Balaban J connectivity index is 0.000000653. The van der Waals surface area contributed by atoms with Crippen LogP contribution in [0, 0.1) is 0 Å². The second-order valence-corrected chi connectivity index (χ2v) is 10.9. The molecule has 1 fully saturated rings. The predicted molar refractivity (Wildman–Crippen MR) is 182 cm³/mol. The van der Waals surface area contributed by atoms with Gasteiger partial charge in [0.25, 0.3) is 0 Å². The smallest absolute Gasteiger partial charge is 0.0406 e. The quantitative estimate of drug-likeness (QED) is 0.200. The Hall–Kier alpha value is -3.21. The molecule has 1 saturated heterocycles. The van der Waals surface area contributed by atoms with E-state index in [-0.39, 0.29) is 0 Å². The number of rotatable bonds is 11. The van der Waals surface area contributed by atoms with Crippen molar-refractivity contribution in [2.24, 2.45) is 5.73 Å². The second kappa shape index (κ2) is 19.8. The fourth-order valence-electron chi connectivity index (χ4n) is 5.26. The van der Waals surface area contributed by atoms with Crippen molar-refractivity contribution in [3.63, 3.8) is 0 Å². The van der Waals surface area contributed by atoms with Gasteiger partial charge in [-0.3, -0.25) is 0 Å². The van der Waals surface area contributed by atoms with E-state index in [4.69, 9.17) is 11.6 Å². The van der Waals surface area contributed by atoms with E-state index in [9.17, 15) is 0 Å². The molecule has 1 heterocycles. The second-order valence-electron chi connectivity index (χ2n) is 10.4. The topological polar surface area (TPSA) is 53.3 Å². The van der Waals surface area contributed by atoms with Gasteiger partial charge in [-0.2, -0.15) is 0 Å². The van der Waals surface area contributed by atoms with Gasteiger partial charge in [0.05, 0.1) is 0 Å². The molecule has 3 aromatic carbocycles. The summed E-state index contributed by atoms with van der Waals surface area (Å²) in [6.45, 7) is 12.4. The van der Waals surface area contributed by atoms with Gasteiger partial charge in [0.15, 0.2) is 0 Å². The molecule has 0 aliphatic carbocycles. The summed E-state index contributed by atoms with van der Waals surface area (Å²) in [4.78, 5) is 2.65. The first-order valence-corrected chi connectivity index (χ1v) is 15.3. The van der Waals surface area contributed by atoms with Crippen LogP contribution in [-0.4, -0.2) is 38.6 Å². The fraction of sp³-hybridized carbons (Fsp3) is 0.389. The highest BCUT2D eigenvalue weighted by atomic mass is 35.5. The number of nitrogens with two attached hydrogens (primary N) is 1. The number of likely N-dealkylation sites (tertiary alicyclic amines) is 1. The van der Waals surface area contributed by atoms with Crippen LogP contribution in [0.25, 0.3) is 0 Å². The molecule has 0 saturated carbocycles. The maximum absolute atomic E-state index is 6.16. The molecule has 0 bridgehead atoms. The highest BCUT2D eigenvalue weighted by Gasteiger charge is 2.21. The fourth-order valence-corrected chi connectivity index (χ4v) is 5.39. The summed E-state index contributed by atoms with van der Waals surface area (Å²) in [5, 5.41) is 7.29. The van der Waals surface area contributed by atoms with E-state index in [0.29, 0.717) is 11.8 Å². The van der Waals surface area contributed by atoms with Crippen molar-refractivity contribution in [3.8, 4) is 0 Å². The van der Waals surface area contributed by atoms with Gasteiger partial charge in [-0.15, -0.1) is 6.58 Å². The molecule has 0 aromatic heterocycles. The molecular weight excluding hydrogens is 524 g/mol. The lowest BCUT2D eigenvalue weighted by Crippen LogP contribution is -2.33. The molecule has 4 N–H and O–H groups in total. The molecule has 0 radical (unpaired) electrons. The lowest BCUT2D eigenvalue weighted by atomic mass is 9.86. The van der Waals surface area contributed by atoms with Gasteiger partial charge >= 0.3 is 0 Å². The summed E-state index contributed by atoms with van der Waals surface area (Å²) in [6, 6.07) is 26.2. The number of allylic oxidation sites excluding steroid dienone is 1. The molecular formula is C36H51ClN4. The van der Waals surface area contributed by atoms with Crippen LogP contribution in [0.15, 0.2) is 98.2 Å². The number of nitrogens with zero attached hydrogens (tertiary/aromatic N) is 1. The summed E-state index contributed by atoms with van der Waals surface area (Å²) >= 11 is 6.16. The van der Waals surface area contributed by atoms with E-state index in [1.807, 2.05) is 32.3 Å². The Morgan fingerprint density at radius 3 is 2.02 bits per heavy atom. The van der Waals surface area contributed by atoms with Crippen LogP contribution in [0.3, 0.4) is 0 Å². The minimum atomic E-state index is 0.398. The zero-order valence-electron chi connectivity index (χ0n) is 25.4. The standard InChI is InChI=1S/C29H36ClN3.C5H10.C2H5N/c1-31-27-14-10-24(11-15-27)29(23-8-12-26(30)13-9-23)7-4-18-33-19-16-22(17-20-33)25-5-3-6-28(21-25)32-2;1-3-5-4-2;1-2-3/h3,5-6,8-15,21-22,29,31-32H,4,7,16-20H2,1-2H3;3H,1,4-5H2,2H3;2H,1,3H2. The van der Waals surface area contributed by atoms with Crippen molar-refractivity contribution < 1.29 is 0 Å². The van der Waals surface area contributed by atoms with Crippen molar-refractivity contribution in [2.45, 2.75) is 57.3 Å². The van der Waals surface area contributed by atoms with E-state index < -0.39 is 0 Å². The predicted octanol–water partition coefficient (Wildman–Crippen LogP) is 9.28. The molecule has 1 unspecified atom stereocenters. The van der Waals surface area contributed by atoms with Crippen molar-refractivity contribution in [2.75, 3.05) is 44.4 Å². The molecule has 1 aliphatic heterocycles. The third-order valence-corrected chi connectivity index (χ3v) is 7.82. The molecule has 1 aliphatic rings. The number of halogens is 1. The summed E-state index contributed by atoms with van der Waals surface area (Å²) in [5.74, 6) is 1.08. The number of hydrogen-bond acceptors (Lipinski definition) is 4. The first-order valence-electron chi connectivity index (χ1n) is 15.0. The van der Waals surface area contributed by atoms with E-state index in [0.717, 1.165) is 23.6 Å². The van der Waals surface area contributed by atoms with Crippen molar-refractivity contribution in [1.82, 2.24) is 4.90 Å². The largest absolute Gasteiger partial charge is 0.405 e. The lowest BCUT2D eigenvalue weighted by Gasteiger charge is -2.32. The highest BCUT2D eigenvalue weighted by molar-refractivity contribution is 6.30. The Morgan fingerprint density at radius 1 is 0.927 bits per heavy atom. The monoisotopic (exact) mass is 574 g/mol.